The Labute approximate surface area is 124 Å². The SMILES string of the molecule is CONC(=O)c1cc(Cl)c(OCCC(C)C)c(OC)c1. The fourth-order valence-electron chi connectivity index (χ4n) is 1.54. The minimum absolute atomic E-state index is 0.328. The molecule has 1 N–H and O–H groups in total. The molecule has 0 aliphatic rings. The summed E-state index contributed by atoms with van der Waals surface area (Å²) in [6, 6.07) is 3.08. The first-order chi connectivity index (χ1) is 9.49. The fraction of sp³-hybridized carbons (Fsp3) is 0.500. The van der Waals surface area contributed by atoms with Crippen molar-refractivity contribution in [2.75, 3.05) is 20.8 Å². The van der Waals surface area contributed by atoms with E-state index < -0.39 is 5.91 Å². The zero-order chi connectivity index (χ0) is 15.1. The third-order valence-corrected chi connectivity index (χ3v) is 2.91. The normalized spacial score (nSPS) is 10.5. The van der Waals surface area contributed by atoms with Gasteiger partial charge in [-0.05, 0) is 24.5 Å². The number of carbonyl (C=O) groups excluding carboxylic acids is 1. The highest BCUT2D eigenvalue weighted by Gasteiger charge is 2.16. The summed E-state index contributed by atoms with van der Waals surface area (Å²) < 4.78 is 10.9. The molecule has 0 heterocycles. The maximum absolute atomic E-state index is 11.7. The molecule has 0 radical (unpaired) electrons. The van der Waals surface area contributed by atoms with Gasteiger partial charge in [-0.1, -0.05) is 25.4 Å². The van der Waals surface area contributed by atoms with Crippen molar-refractivity contribution in [3.63, 3.8) is 0 Å². The summed E-state index contributed by atoms with van der Waals surface area (Å²) in [6.45, 7) is 4.76. The van der Waals surface area contributed by atoms with Crippen LogP contribution in [0.3, 0.4) is 0 Å². The number of halogens is 1. The molecule has 0 unspecified atom stereocenters. The summed E-state index contributed by atoms with van der Waals surface area (Å²) in [4.78, 5) is 16.3. The molecule has 0 fully saturated rings. The molecule has 1 rings (SSSR count). The molecule has 1 amide bonds. The number of benzene rings is 1. The van der Waals surface area contributed by atoms with Gasteiger partial charge in [0.15, 0.2) is 11.5 Å². The van der Waals surface area contributed by atoms with Gasteiger partial charge in [0.25, 0.3) is 5.91 Å². The van der Waals surface area contributed by atoms with E-state index in [0.29, 0.717) is 34.6 Å². The van der Waals surface area contributed by atoms with Gasteiger partial charge in [0.1, 0.15) is 0 Å². The minimum Gasteiger partial charge on any atom is -0.493 e. The van der Waals surface area contributed by atoms with Crippen molar-refractivity contribution in [2.45, 2.75) is 20.3 Å². The molecule has 0 spiro atoms. The summed E-state index contributed by atoms with van der Waals surface area (Å²) in [7, 11) is 2.86. The smallest absolute Gasteiger partial charge is 0.275 e. The van der Waals surface area contributed by atoms with Crippen LogP contribution in [0.15, 0.2) is 12.1 Å². The lowest BCUT2D eigenvalue weighted by atomic mass is 10.1. The third kappa shape index (κ3) is 4.58. The van der Waals surface area contributed by atoms with Gasteiger partial charge in [-0.15, -0.1) is 0 Å². The van der Waals surface area contributed by atoms with E-state index >= 15 is 0 Å². The van der Waals surface area contributed by atoms with Gasteiger partial charge in [0.2, 0.25) is 0 Å². The second-order valence-electron chi connectivity index (χ2n) is 4.66. The van der Waals surface area contributed by atoms with E-state index in [1.807, 2.05) is 0 Å². The lowest BCUT2D eigenvalue weighted by Crippen LogP contribution is -2.21. The van der Waals surface area contributed by atoms with Crippen molar-refractivity contribution in [1.29, 1.82) is 0 Å². The monoisotopic (exact) mass is 301 g/mol. The van der Waals surface area contributed by atoms with Gasteiger partial charge >= 0.3 is 0 Å². The molecule has 0 bridgehead atoms. The Kier molecular flexibility index (Phi) is 6.61. The molecule has 1 aromatic carbocycles. The predicted molar refractivity (Wildman–Crippen MR) is 77.4 cm³/mol. The zero-order valence-electron chi connectivity index (χ0n) is 12.2. The minimum atomic E-state index is -0.401. The quantitative estimate of drug-likeness (QED) is 0.786. The van der Waals surface area contributed by atoms with Crippen molar-refractivity contribution in [3.8, 4) is 11.5 Å². The van der Waals surface area contributed by atoms with E-state index in [9.17, 15) is 4.79 Å². The summed E-state index contributed by atoms with van der Waals surface area (Å²) in [6.07, 6.45) is 0.908. The van der Waals surface area contributed by atoms with Crippen LogP contribution in [0.4, 0.5) is 0 Å². The molecular weight excluding hydrogens is 282 g/mol. The molecule has 0 aliphatic heterocycles. The number of methoxy groups -OCH3 is 1. The molecule has 1 aromatic rings. The first-order valence-electron chi connectivity index (χ1n) is 6.33. The highest BCUT2D eigenvalue weighted by Crippen LogP contribution is 2.36. The number of amides is 1. The van der Waals surface area contributed by atoms with Crippen molar-refractivity contribution >= 4 is 17.5 Å². The van der Waals surface area contributed by atoms with Crippen LogP contribution in [0.2, 0.25) is 5.02 Å². The molecule has 0 aromatic heterocycles. The summed E-state index contributed by atoms with van der Waals surface area (Å²) >= 11 is 6.15. The predicted octanol–water partition coefficient (Wildman–Crippen LogP) is 3.06. The van der Waals surface area contributed by atoms with Crippen molar-refractivity contribution in [1.82, 2.24) is 5.48 Å². The maximum atomic E-state index is 11.7. The Hall–Kier alpha value is -1.46. The number of nitrogens with one attached hydrogen (secondary N) is 1. The van der Waals surface area contributed by atoms with Crippen molar-refractivity contribution < 1.29 is 19.1 Å². The van der Waals surface area contributed by atoms with E-state index in [2.05, 4.69) is 24.2 Å². The lowest BCUT2D eigenvalue weighted by molar-refractivity contribution is 0.0537. The maximum Gasteiger partial charge on any atom is 0.275 e. The van der Waals surface area contributed by atoms with E-state index in [4.69, 9.17) is 21.1 Å². The van der Waals surface area contributed by atoms with Gasteiger partial charge < -0.3 is 9.47 Å². The first-order valence-corrected chi connectivity index (χ1v) is 6.71. The fourth-order valence-corrected chi connectivity index (χ4v) is 1.80. The topological polar surface area (TPSA) is 56.8 Å². The molecule has 0 saturated carbocycles. The largest absolute Gasteiger partial charge is 0.493 e. The molecule has 5 nitrogen and oxygen atoms in total. The highest BCUT2D eigenvalue weighted by atomic mass is 35.5. The molecule has 0 aliphatic carbocycles. The highest BCUT2D eigenvalue weighted by molar-refractivity contribution is 6.32. The molecule has 0 saturated heterocycles. The van der Waals surface area contributed by atoms with Gasteiger partial charge in [-0.3, -0.25) is 9.63 Å². The Morgan fingerprint density at radius 3 is 2.60 bits per heavy atom. The standard InChI is InChI=1S/C14H20ClNO4/c1-9(2)5-6-20-13-11(15)7-10(8-12(13)18-3)14(17)16-19-4/h7-9H,5-6H2,1-4H3,(H,16,17). The van der Waals surface area contributed by atoms with Gasteiger partial charge in [-0.25, -0.2) is 5.48 Å². The number of rotatable bonds is 7. The third-order valence-electron chi connectivity index (χ3n) is 2.63. The number of hydrogen-bond acceptors (Lipinski definition) is 4. The van der Waals surface area contributed by atoms with Crippen LogP contribution < -0.4 is 15.0 Å². The zero-order valence-corrected chi connectivity index (χ0v) is 12.9. The molecule has 6 heteroatoms. The second kappa shape index (κ2) is 7.97. The van der Waals surface area contributed by atoms with Crippen LogP contribution >= 0.6 is 11.6 Å². The summed E-state index contributed by atoms with van der Waals surface area (Å²) in [5, 5.41) is 0.328. The van der Waals surface area contributed by atoms with Crippen LogP contribution in [-0.4, -0.2) is 26.7 Å². The summed E-state index contributed by atoms with van der Waals surface area (Å²) in [5.41, 5.74) is 2.56. The van der Waals surface area contributed by atoms with Crippen LogP contribution in [0.1, 0.15) is 30.6 Å². The van der Waals surface area contributed by atoms with E-state index in [-0.39, 0.29) is 0 Å². The van der Waals surface area contributed by atoms with Crippen molar-refractivity contribution in [2.24, 2.45) is 5.92 Å². The number of carbonyl (C=O) groups is 1. The van der Waals surface area contributed by atoms with Crippen LogP contribution in [0, 0.1) is 5.92 Å². The first kappa shape index (κ1) is 16.6. The molecule has 0 atom stereocenters. The summed E-state index contributed by atoms with van der Waals surface area (Å²) in [5.74, 6) is 0.999. The number of hydroxylamine groups is 1. The van der Waals surface area contributed by atoms with Crippen LogP contribution in [0.5, 0.6) is 11.5 Å². The van der Waals surface area contributed by atoms with E-state index in [0.717, 1.165) is 6.42 Å². The Bertz CT molecular complexity index is 463. The van der Waals surface area contributed by atoms with E-state index in [1.165, 1.54) is 20.3 Å². The molecule has 20 heavy (non-hydrogen) atoms. The van der Waals surface area contributed by atoms with Gasteiger partial charge in [0.05, 0.1) is 25.8 Å². The van der Waals surface area contributed by atoms with E-state index in [1.54, 1.807) is 6.07 Å². The average Bonchev–Trinajstić information content (AvgIpc) is 2.39. The van der Waals surface area contributed by atoms with Crippen molar-refractivity contribution in [3.05, 3.63) is 22.7 Å². The van der Waals surface area contributed by atoms with Crippen LogP contribution in [-0.2, 0) is 4.84 Å². The van der Waals surface area contributed by atoms with Gasteiger partial charge in [-0.2, -0.15) is 0 Å². The molecule has 112 valence electrons. The Balaban J connectivity index is 2.93. The average molecular weight is 302 g/mol. The van der Waals surface area contributed by atoms with Crippen LogP contribution in [0.25, 0.3) is 0 Å². The Morgan fingerprint density at radius 2 is 2.05 bits per heavy atom. The second-order valence-corrected chi connectivity index (χ2v) is 5.06. The molecular formula is C14H20ClNO4. The number of ether oxygens (including phenoxy) is 2. The Morgan fingerprint density at radius 1 is 1.35 bits per heavy atom. The lowest BCUT2D eigenvalue weighted by Gasteiger charge is -2.14. The van der Waals surface area contributed by atoms with Gasteiger partial charge in [0, 0.05) is 5.56 Å². The number of hydrogen-bond donors (Lipinski definition) is 1.